The predicted molar refractivity (Wildman–Crippen MR) is 79.5 cm³/mol. The summed E-state index contributed by atoms with van der Waals surface area (Å²) in [5, 5.41) is 3.67. The van der Waals surface area contributed by atoms with Crippen LogP contribution in [0.25, 0.3) is 0 Å². The Morgan fingerprint density at radius 2 is 1.85 bits per heavy atom. The van der Waals surface area contributed by atoms with Gasteiger partial charge in [0.05, 0.1) is 20.3 Å². The van der Waals surface area contributed by atoms with Crippen molar-refractivity contribution in [1.82, 2.24) is 5.32 Å². The van der Waals surface area contributed by atoms with Crippen molar-refractivity contribution in [2.75, 3.05) is 21.3 Å². The third-order valence-electron chi connectivity index (χ3n) is 4.11. The fourth-order valence-electron chi connectivity index (χ4n) is 2.88. The Bertz CT molecular complexity index is 436. The summed E-state index contributed by atoms with van der Waals surface area (Å²) >= 11 is 0. The zero-order chi connectivity index (χ0) is 14.5. The van der Waals surface area contributed by atoms with Crippen LogP contribution in [0, 0.1) is 0 Å². The predicted octanol–water partition coefficient (Wildman–Crippen LogP) is 2.92. The van der Waals surface area contributed by atoms with Crippen molar-refractivity contribution < 1.29 is 14.2 Å². The molecule has 1 aliphatic rings. The molecule has 20 heavy (non-hydrogen) atoms. The molecule has 1 aromatic carbocycles. The number of ether oxygens (including phenoxy) is 3. The second kappa shape index (κ2) is 6.95. The SMILES string of the molecule is COc1ccc(C(C)NC2CCC(OC)C2)cc1OC. The van der Waals surface area contributed by atoms with Gasteiger partial charge in [-0.15, -0.1) is 0 Å². The fraction of sp³-hybridized carbons (Fsp3) is 0.625. The lowest BCUT2D eigenvalue weighted by atomic mass is 10.1. The topological polar surface area (TPSA) is 39.7 Å². The van der Waals surface area contributed by atoms with Crippen LogP contribution in [0.2, 0.25) is 0 Å². The van der Waals surface area contributed by atoms with Crippen molar-refractivity contribution in [3.8, 4) is 11.5 Å². The molecule has 0 amide bonds. The molecule has 1 fully saturated rings. The molecule has 3 atom stereocenters. The first kappa shape index (κ1) is 15.1. The second-order valence-electron chi connectivity index (χ2n) is 5.37. The van der Waals surface area contributed by atoms with Crippen LogP contribution >= 0.6 is 0 Å². The molecule has 1 aromatic rings. The van der Waals surface area contributed by atoms with Crippen molar-refractivity contribution in [2.45, 2.75) is 44.4 Å². The summed E-state index contributed by atoms with van der Waals surface area (Å²) in [7, 11) is 5.12. The number of nitrogens with one attached hydrogen (secondary N) is 1. The number of hydrogen-bond donors (Lipinski definition) is 1. The second-order valence-corrected chi connectivity index (χ2v) is 5.37. The summed E-state index contributed by atoms with van der Waals surface area (Å²) in [6.07, 6.45) is 3.82. The van der Waals surface area contributed by atoms with Crippen molar-refractivity contribution >= 4 is 0 Å². The van der Waals surface area contributed by atoms with Crippen LogP contribution < -0.4 is 14.8 Å². The van der Waals surface area contributed by atoms with E-state index in [2.05, 4.69) is 18.3 Å². The van der Waals surface area contributed by atoms with E-state index in [0.29, 0.717) is 12.1 Å². The summed E-state index contributed by atoms with van der Waals surface area (Å²) in [5.41, 5.74) is 1.21. The number of hydrogen-bond acceptors (Lipinski definition) is 4. The van der Waals surface area contributed by atoms with Gasteiger partial charge < -0.3 is 19.5 Å². The molecule has 0 radical (unpaired) electrons. The van der Waals surface area contributed by atoms with Crippen molar-refractivity contribution in [1.29, 1.82) is 0 Å². The first-order chi connectivity index (χ1) is 9.67. The molecule has 112 valence electrons. The van der Waals surface area contributed by atoms with Gasteiger partial charge in [0.2, 0.25) is 0 Å². The molecule has 4 nitrogen and oxygen atoms in total. The van der Waals surface area contributed by atoms with Gasteiger partial charge in [0.25, 0.3) is 0 Å². The molecular formula is C16H25NO3. The number of benzene rings is 1. The maximum Gasteiger partial charge on any atom is 0.161 e. The van der Waals surface area contributed by atoms with E-state index in [0.717, 1.165) is 24.3 Å². The summed E-state index contributed by atoms with van der Waals surface area (Å²) < 4.78 is 16.0. The van der Waals surface area contributed by atoms with Gasteiger partial charge in [-0.2, -0.15) is 0 Å². The molecule has 3 unspecified atom stereocenters. The number of methoxy groups -OCH3 is 3. The zero-order valence-corrected chi connectivity index (χ0v) is 12.8. The summed E-state index contributed by atoms with van der Waals surface area (Å²) in [6.45, 7) is 2.18. The van der Waals surface area contributed by atoms with Gasteiger partial charge in [-0.3, -0.25) is 0 Å². The standard InChI is InChI=1S/C16H25NO3/c1-11(17-13-6-7-14(10-13)18-2)12-5-8-15(19-3)16(9-12)20-4/h5,8-9,11,13-14,17H,6-7,10H2,1-4H3. The highest BCUT2D eigenvalue weighted by molar-refractivity contribution is 5.43. The van der Waals surface area contributed by atoms with Crippen molar-refractivity contribution in [2.24, 2.45) is 0 Å². The largest absolute Gasteiger partial charge is 0.493 e. The highest BCUT2D eigenvalue weighted by atomic mass is 16.5. The van der Waals surface area contributed by atoms with E-state index in [9.17, 15) is 0 Å². The van der Waals surface area contributed by atoms with Crippen molar-refractivity contribution in [3.63, 3.8) is 0 Å². The van der Waals surface area contributed by atoms with Gasteiger partial charge in [0, 0.05) is 19.2 Å². The Morgan fingerprint density at radius 1 is 1.10 bits per heavy atom. The molecule has 0 saturated heterocycles. The van der Waals surface area contributed by atoms with Gasteiger partial charge in [-0.1, -0.05) is 6.07 Å². The normalized spacial score (nSPS) is 23.6. The minimum Gasteiger partial charge on any atom is -0.493 e. The van der Waals surface area contributed by atoms with E-state index in [-0.39, 0.29) is 6.04 Å². The van der Waals surface area contributed by atoms with Gasteiger partial charge in [-0.25, -0.2) is 0 Å². The molecule has 4 heteroatoms. The van der Waals surface area contributed by atoms with Crippen LogP contribution in [-0.4, -0.2) is 33.5 Å². The molecule has 1 aliphatic carbocycles. The average molecular weight is 279 g/mol. The Kier molecular flexibility index (Phi) is 5.26. The van der Waals surface area contributed by atoms with Crippen LogP contribution in [0.15, 0.2) is 18.2 Å². The minimum absolute atomic E-state index is 0.287. The molecule has 0 heterocycles. The lowest BCUT2D eigenvalue weighted by Gasteiger charge is -2.21. The average Bonchev–Trinajstić information content (AvgIpc) is 2.94. The lowest BCUT2D eigenvalue weighted by Crippen LogP contribution is -2.29. The van der Waals surface area contributed by atoms with Crippen molar-refractivity contribution in [3.05, 3.63) is 23.8 Å². The van der Waals surface area contributed by atoms with Crippen LogP contribution in [0.3, 0.4) is 0 Å². The smallest absolute Gasteiger partial charge is 0.161 e. The molecule has 0 bridgehead atoms. The van der Waals surface area contributed by atoms with E-state index >= 15 is 0 Å². The van der Waals surface area contributed by atoms with Crippen LogP contribution in [0.5, 0.6) is 11.5 Å². The summed E-state index contributed by atoms with van der Waals surface area (Å²) in [5.74, 6) is 1.55. The minimum atomic E-state index is 0.287. The molecule has 0 spiro atoms. The van der Waals surface area contributed by atoms with Crippen LogP contribution in [0.1, 0.15) is 37.8 Å². The monoisotopic (exact) mass is 279 g/mol. The Balaban J connectivity index is 2.00. The number of rotatable bonds is 6. The third-order valence-corrected chi connectivity index (χ3v) is 4.11. The fourth-order valence-corrected chi connectivity index (χ4v) is 2.88. The quantitative estimate of drug-likeness (QED) is 0.869. The highest BCUT2D eigenvalue weighted by Gasteiger charge is 2.25. The highest BCUT2D eigenvalue weighted by Crippen LogP contribution is 2.31. The molecule has 1 saturated carbocycles. The maximum atomic E-state index is 5.42. The van der Waals surface area contributed by atoms with Crippen LogP contribution in [-0.2, 0) is 4.74 Å². The van der Waals surface area contributed by atoms with E-state index in [1.54, 1.807) is 21.3 Å². The molecule has 0 aromatic heterocycles. The van der Waals surface area contributed by atoms with Gasteiger partial charge in [0.15, 0.2) is 11.5 Å². The third kappa shape index (κ3) is 3.44. The Morgan fingerprint density at radius 3 is 2.45 bits per heavy atom. The van der Waals surface area contributed by atoms with Gasteiger partial charge >= 0.3 is 0 Å². The first-order valence-corrected chi connectivity index (χ1v) is 7.18. The molecule has 1 N–H and O–H groups in total. The first-order valence-electron chi connectivity index (χ1n) is 7.18. The molecule has 2 rings (SSSR count). The Hall–Kier alpha value is -1.26. The summed E-state index contributed by atoms with van der Waals surface area (Å²) in [6, 6.07) is 6.90. The molecule has 0 aliphatic heterocycles. The summed E-state index contributed by atoms with van der Waals surface area (Å²) in [4.78, 5) is 0. The van der Waals surface area contributed by atoms with Gasteiger partial charge in [-0.05, 0) is 43.9 Å². The van der Waals surface area contributed by atoms with Crippen LogP contribution in [0.4, 0.5) is 0 Å². The van der Waals surface area contributed by atoms with E-state index in [1.807, 2.05) is 12.1 Å². The molecular weight excluding hydrogens is 254 g/mol. The Labute approximate surface area is 121 Å². The zero-order valence-electron chi connectivity index (χ0n) is 12.8. The lowest BCUT2D eigenvalue weighted by molar-refractivity contribution is 0.106. The maximum absolute atomic E-state index is 5.42. The van der Waals surface area contributed by atoms with E-state index < -0.39 is 0 Å². The van der Waals surface area contributed by atoms with E-state index in [1.165, 1.54) is 12.0 Å². The van der Waals surface area contributed by atoms with E-state index in [4.69, 9.17) is 14.2 Å². The van der Waals surface area contributed by atoms with Gasteiger partial charge in [0.1, 0.15) is 0 Å².